The minimum Gasteiger partial charge on any atom is -0.309 e. The number of para-hydroxylation sites is 4. The molecule has 47 heavy (non-hydrogen) atoms. The Balaban J connectivity index is 1.14. The van der Waals surface area contributed by atoms with Crippen LogP contribution in [0.15, 0.2) is 146 Å². The number of nitrogens with zero attached hydrogens (tertiary/aromatic N) is 3. The molecule has 0 aliphatic carbocycles. The summed E-state index contributed by atoms with van der Waals surface area (Å²) in [7, 11) is 0. The van der Waals surface area contributed by atoms with E-state index >= 15 is 0 Å². The molecule has 0 aliphatic rings. The molecule has 5 nitrogen and oxygen atoms in total. The maximum absolute atomic E-state index is 9.40. The van der Waals surface area contributed by atoms with Crippen molar-refractivity contribution < 1.29 is 14.7 Å². The summed E-state index contributed by atoms with van der Waals surface area (Å²) in [5.74, 6) is 0.157. The number of hydrogen-bond acceptors (Lipinski definition) is 3. The molecule has 0 amide bonds. The molecule has 0 bridgehead atoms. The Morgan fingerprint density at radius 2 is 1.11 bits per heavy atom. The molecule has 0 saturated heterocycles. The van der Waals surface area contributed by atoms with Crippen LogP contribution in [0.4, 0.5) is 0 Å². The van der Waals surface area contributed by atoms with Crippen molar-refractivity contribution in [2.45, 2.75) is 0 Å². The van der Waals surface area contributed by atoms with E-state index in [1.165, 1.54) is 32.6 Å². The third-order valence-electron chi connectivity index (χ3n) is 8.96. The van der Waals surface area contributed by atoms with Crippen LogP contribution in [0.3, 0.4) is 0 Å². The molecule has 9 aromatic rings. The van der Waals surface area contributed by atoms with Gasteiger partial charge in [0.1, 0.15) is 4.70 Å². The van der Waals surface area contributed by atoms with Gasteiger partial charge in [0.05, 0.1) is 22.1 Å². The van der Waals surface area contributed by atoms with Gasteiger partial charge in [0.15, 0.2) is 0 Å². The minimum atomic E-state index is 0.157. The second kappa shape index (κ2) is 10.8. The summed E-state index contributed by atoms with van der Waals surface area (Å²) in [5, 5.41) is 15.2. The van der Waals surface area contributed by atoms with E-state index in [4.69, 9.17) is 0 Å². The van der Waals surface area contributed by atoms with Crippen LogP contribution < -0.4 is 4.57 Å². The van der Waals surface area contributed by atoms with Gasteiger partial charge >= 0.3 is 5.88 Å². The van der Waals surface area contributed by atoms with Crippen LogP contribution in [0.25, 0.3) is 83.2 Å². The molecule has 3 aromatic heterocycles. The van der Waals surface area contributed by atoms with E-state index in [9.17, 15) is 5.26 Å². The molecule has 6 heteroatoms. The van der Waals surface area contributed by atoms with Gasteiger partial charge in [-0.05, 0) is 72.3 Å². The molecule has 0 atom stereocenters. The van der Waals surface area contributed by atoms with E-state index in [1.54, 1.807) is 11.3 Å². The first-order chi connectivity index (χ1) is 23.2. The standard InChI is InChI=1S/C41H27N3O2S/c1-27(46-45)42-39-16-8-9-17-40(39)47-41(42)25-19-28-18-24-38-34(26-28)33-12-4-7-15-37(33)44(38)30-22-20-29(21-23-30)43-35-13-5-2-10-31(35)32-11-3-6-14-36(32)43/h2-26H,1H2/p+1. The van der Waals surface area contributed by atoms with E-state index in [2.05, 4.69) is 148 Å². The average molecular weight is 627 g/mol. The van der Waals surface area contributed by atoms with E-state index in [-0.39, 0.29) is 5.88 Å². The largest absolute Gasteiger partial charge is 0.399 e. The van der Waals surface area contributed by atoms with Crippen LogP contribution in [0.1, 0.15) is 10.6 Å². The smallest absolute Gasteiger partial charge is 0.309 e. The van der Waals surface area contributed by atoms with E-state index in [0.29, 0.717) is 0 Å². The molecule has 3 heterocycles. The van der Waals surface area contributed by atoms with Gasteiger partial charge in [-0.1, -0.05) is 84.1 Å². The van der Waals surface area contributed by atoms with E-state index < -0.39 is 0 Å². The van der Waals surface area contributed by atoms with Gasteiger partial charge in [0.2, 0.25) is 5.52 Å². The fraction of sp³-hybridized carbons (Fsp3) is 0. The van der Waals surface area contributed by atoms with Crippen molar-refractivity contribution in [3.05, 3.63) is 157 Å². The predicted molar refractivity (Wildman–Crippen MR) is 195 cm³/mol. The highest BCUT2D eigenvalue weighted by molar-refractivity contribution is 7.18. The number of hydrogen-bond donors (Lipinski definition) is 1. The lowest BCUT2D eigenvalue weighted by Crippen LogP contribution is -2.33. The summed E-state index contributed by atoms with van der Waals surface area (Å²) in [5.41, 5.74) is 8.95. The second-order valence-electron chi connectivity index (χ2n) is 11.6. The van der Waals surface area contributed by atoms with Gasteiger partial charge in [-0.15, -0.1) is 4.57 Å². The quantitative estimate of drug-likeness (QED) is 0.0864. The van der Waals surface area contributed by atoms with Crippen molar-refractivity contribution in [1.82, 2.24) is 9.13 Å². The van der Waals surface area contributed by atoms with Crippen molar-refractivity contribution in [3.8, 4) is 11.4 Å². The molecule has 0 radical (unpaired) electrons. The summed E-state index contributed by atoms with van der Waals surface area (Å²) in [4.78, 5) is 4.55. The average Bonchev–Trinajstić information content (AvgIpc) is 3.78. The third kappa shape index (κ3) is 4.31. The molecule has 0 spiro atoms. The topological polar surface area (TPSA) is 43.2 Å². The number of benzene rings is 6. The monoisotopic (exact) mass is 626 g/mol. The molecule has 1 N–H and O–H groups in total. The van der Waals surface area contributed by atoms with Gasteiger partial charge < -0.3 is 9.13 Å². The van der Waals surface area contributed by atoms with Gasteiger partial charge in [-0.3, -0.25) is 4.89 Å². The molecule has 0 saturated carbocycles. The minimum absolute atomic E-state index is 0.157. The Morgan fingerprint density at radius 1 is 0.596 bits per heavy atom. The predicted octanol–water partition coefficient (Wildman–Crippen LogP) is 10.5. The second-order valence-corrected chi connectivity index (χ2v) is 12.6. The molecule has 0 aliphatic heterocycles. The normalized spacial score (nSPS) is 11.9. The van der Waals surface area contributed by atoms with Crippen molar-refractivity contribution in [1.29, 1.82) is 0 Å². The van der Waals surface area contributed by atoms with Crippen LogP contribution in [0, 0.1) is 0 Å². The third-order valence-corrected chi connectivity index (χ3v) is 10.0. The fourth-order valence-corrected chi connectivity index (χ4v) is 7.97. The molecular weight excluding hydrogens is 599 g/mol. The SMILES string of the molecule is C=C(OO)[n+]1c(C=Cc2ccc3c(c2)c2ccccc2n3-c2ccc(-n3c4ccccc4c4ccccc43)cc2)sc2ccccc21. The van der Waals surface area contributed by atoms with Crippen LogP contribution in [-0.2, 0) is 4.89 Å². The molecule has 0 fully saturated rings. The summed E-state index contributed by atoms with van der Waals surface area (Å²) in [6, 6.07) is 49.2. The van der Waals surface area contributed by atoms with Crippen LogP contribution in [-0.4, -0.2) is 14.4 Å². The lowest BCUT2D eigenvalue weighted by molar-refractivity contribution is -0.586. The zero-order valence-electron chi connectivity index (χ0n) is 25.2. The number of fused-ring (bicyclic) bond motifs is 7. The molecule has 224 valence electrons. The van der Waals surface area contributed by atoms with Gasteiger partial charge in [-0.25, -0.2) is 0 Å². The number of aromatic nitrogens is 3. The highest BCUT2D eigenvalue weighted by Gasteiger charge is 2.23. The zero-order valence-corrected chi connectivity index (χ0v) is 26.1. The fourth-order valence-electron chi connectivity index (χ4n) is 6.90. The van der Waals surface area contributed by atoms with E-state index in [0.717, 1.165) is 43.2 Å². The van der Waals surface area contributed by atoms with Crippen molar-refractivity contribution in [2.75, 3.05) is 0 Å². The maximum atomic E-state index is 9.40. The maximum Gasteiger partial charge on any atom is 0.399 e. The summed E-state index contributed by atoms with van der Waals surface area (Å²) in [6.07, 6.45) is 4.14. The first kappa shape index (κ1) is 27.4. The Bertz CT molecular complexity index is 2640. The molecule has 6 aromatic carbocycles. The summed E-state index contributed by atoms with van der Waals surface area (Å²) in [6.45, 7) is 3.89. The number of rotatable bonds is 6. The lowest BCUT2D eigenvalue weighted by atomic mass is 10.1. The molecule has 9 rings (SSSR count). The summed E-state index contributed by atoms with van der Waals surface area (Å²) < 4.78 is 7.59. The molecule has 0 unspecified atom stereocenters. The Kier molecular flexibility index (Phi) is 6.31. The summed E-state index contributed by atoms with van der Waals surface area (Å²) >= 11 is 1.61. The Labute approximate surface area is 274 Å². The Morgan fingerprint density at radius 3 is 1.70 bits per heavy atom. The highest BCUT2D eigenvalue weighted by Crippen LogP contribution is 2.35. The Hall–Kier alpha value is -5.95. The van der Waals surface area contributed by atoms with Crippen LogP contribution in [0.5, 0.6) is 0 Å². The number of thiazole rings is 1. The van der Waals surface area contributed by atoms with Crippen molar-refractivity contribution in [3.63, 3.8) is 0 Å². The van der Waals surface area contributed by atoms with Crippen molar-refractivity contribution in [2.24, 2.45) is 0 Å². The van der Waals surface area contributed by atoms with Gasteiger partial charge in [-0.2, -0.15) is 5.26 Å². The highest BCUT2D eigenvalue weighted by atomic mass is 32.1. The van der Waals surface area contributed by atoms with Crippen LogP contribution >= 0.6 is 11.3 Å². The lowest BCUT2D eigenvalue weighted by Gasteiger charge is -2.11. The first-order valence-corrected chi connectivity index (χ1v) is 16.3. The first-order valence-electron chi connectivity index (χ1n) is 15.4. The van der Waals surface area contributed by atoms with Gasteiger partial charge in [0, 0.05) is 51.6 Å². The van der Waals surface area contributed by atoms with Crippen LogP contribution in [0.2, 0.25) is 0 Å². The zero-order chi connectivity index (χ0) is 31.5. The van der Waals surface area contributed by atoms with Crippen molar-refractivity contribution >= 4 is 83.2 Å². The van der Waals surface area contributed by atoms with Gasteiger partial charge in [0.25, 0.3) is 5.01 Å². The van der Waals surface area contributed by atoms with E-state index in [1.807, 2.05) is 28.8 Å². The molecular formula is C41H28N3O2S+.